The molecule has 0 amide bonds. The van der Waals surface area contributed by atoms with Crippen molar-refractivity contribution in [3.63, 3.8) is 0 Å². The molecule has 0 saturated heterocycles. The van der Waals surface area contributed by atoms with Crippen LogP contribution in [0.3, 0.4) is 0 Å². The first-order valence-electron chi connectivity index (χ1n) is 6.57. The van der Waals surface area contributed by atoms with E-state index in [9.17, 15) is 5.11 Å². The Morgan fingerprint density at radius 3 is 2.74 bits per heavy atom. The fourth-order valence-electron chi connectivity index (χ4n) is 2.32. The van der Waals surface area contributed by atoms with Crippen molar-refractivity contribution in [2.24, 2.45) is 11.7 Å². The van der Waals surface area contributed by atoms with Crippen molar-refractivity contribution in [3.8, 4) is 11.4 Å². The number of aryl methyl sites for hydroxylation is 1. The summed E-state index contributed by atoms with van der Waals surface area (Å²) < 4.78 is 2.00. The van der Waals surface area contributed by atoms with Gasteiger partial charge in [-0.1, -0.05) is 13.8 Å². The van der Waals surface area contributed by atoms with E-state index >= 15 is 0 Å². The lowest BCUT2D eigenvalue weighted by Gasteiger charge is -2.17. The summed E-state index contributed by atoms with van der Waals surface area (Å²) in [5.74, 6) is 0.814. The first kappa shape index (κ1) is 13.6. The van der Waals surface area contributed by atoms with Crippen LogP contribution in [0.5, 0.6) is 5.75 Å². The molecule has 1 heterocycles. The van der Waals surface area contributed by atoms with E-state index in [0.717, 1.165) is 23.4 Å². The normalized spacial score (nSPS) is 12.9. The minimum atomic E-state index is -0.0318. The Kier molecular flexibility index (Phi) is 3.90. The first-order valence-corrected chi connectivity index (χ1v) is 6.57. The molecule has 4 heteroatoms. The summed E-state index contributed by atoms with van der Waals surface area (Å²) in [7, 11) is 0. The van der Waals surface area contributed by atoms with Crippen LogP contribution in [0.15, 0.2) is 30.7 Å². The minimum Gasteiger partial charge on any atom is -0.508 e. The van der Waals surface area contributed by atoms with Gasteiger partial charge in [-0.2, -0.15) is 0 Å². The van der Waals surface area contributed by atoms with Crippen molar-refractivity contribution >= 4 is 0 Å². The molecule has 0 fully saturated rings. The van der Waals surface area contributed by atoms with Gasteiger partial charge in [-0.3, -0.25) is 0 Å². The summed E-state index contributed by atoms with van der Waals surface area (Å²) in [4.78, 5) is 4.21. The number of hydrogen-bond donors (Lipinski definition) is 2. The lowest BCUT2D eigenvalue weighted by molar-refractivity contribution is 0.474. The quantitative estimate of drug-likeness (QED) is 0.887. The fourth-order valence-corrected chi connectivity index (χ4v) is 2.32. The number of nitrogens with two attached hydrogens (primary N) is 1. The highest BCUT2D eigenvalue weighted by Crippen LogP contribution is 2.25. The molecule has 2 aromatic rings. The van der Waals surface area contributed by atoms with Crippen LogP contribution in [0.4, 0.5) is 0 Å². The largest absolute Gasteiger partial charge is 0.508 e. The van der Waals surface area contributed by atoms with Crippen LogP contribution in [-0.2, 0) is 0 Å². The Morgan fingerprint density at radius 1 is 1.37 bits per heavy atom. The van der Waals surface area contributed by atoms with Crippen LogP contribution >= 0.6 is 0 Å². The van der Waals surface area contributed by atoms with Crippen LogP contribution in [-0.4, -0.2) is 14.7 Å². The molecule has 0 aliphatic heterocycles. The van der Waals surface area contributed by atoms with Crippen LogP contribution in [0, 0.1) is 12.8 Å². The third-order valence-corrected chi connectivity index (χ3v) is 3.21. The minimum absolute atomic E-state index is 0.0318. The van der Waals surface area contributed by atoms with Gasteiger partial charge in [0.2, 0.25) is 0 Å². The second-order valence-electron chi connectivity index (χ2n) is 5.40. The Morgan fingerprint density at radius 2 is 2.11 bits per heavy atom. The van der Waals surface area contributed by atoms with E-state index in [-0.39, 0.29) is 11.8 Å². The third-order valence-electron chi connectivity index (χ3n) is 3.21. The summed E-state index contributed by atoms with van der Waals surface area (Å²) in [6.07, 6.45) is 4.51. The van der Waals surface area contributed by atoms with Gasteiger partial charge >= 0.3 is 0 Å². The Hall–Kier alpha value is -1.81. The molecule has 2 rings (SSSR count). The molecule has 102 valence electrons. The van der Waals surface area contributed by atoms with Crippen LogP contribution in [0.1, 0.15) is 37.6 Å². The average Bonchev–Trinajstić information content (AvgIpc) is 2.76. The molecule has 1 aromatic heterocycles. The van der Waals surface area contributed by atoms with Crippen molar-refractivity contribution in [1.29, 1.82) is 0 Å². The van der Waals surface area contributed by atoms with Gasteiger partial charge < -0.3 is 15.4 Å². The van der Waals surface area contributed by atoms with Crippen molar-refractivity contribution in [1.82, 2.24) is 9.55 Å². The zero-order valence-electron chi connectivity index (χ0n) is 11.7. The number of aromatic nitrogens is 2. The van der Waals surface area contributed by atoms with Gasteiger partial charge in [-0.15, -0.1) is 0 Å². The monoisotopic (exact) mass is 259 g/mol. The molecule has 0 saturated carbocycles. The highest BCUT2D eigenvalue weighted by Gasteiger charge is 2.15. The predicted octanol–water partition coefficient (Wildman–Crippen LogP) is 2.93. The summed E-state index contributed by atoms with van der Waals surface area (Å²) in [5.41, 5.74) is 9.25. The van der Waals surface area contributed by atoms with E-state index < -0.39 is 0 Å². The number of imidazole rings is 1. The number of nitrogens with zero attached hydrogens (tertiary/aromatic N) is 2. The summed E-state index contributed by atoms with van der Waals surface area (Å²) in [5, 5.41) is 9.48. The topological polar surface area (TPSA) is 64.1 Å². The van der Waals surface area contributed by atoms with Crippen molar-refractivity contribution in [2.45, 2.75) is 33.2 Å². The van der Waals surface area contributed by atoms with E-state index in [4.69, 9.17) is 5.73 Å². The van der Waals surface area contributed by atoms with E-state index in [0.29, 0.717) is 5.92 Å². The van der Waals surface area contributed by atoms with Gasteiger partial charge in [0, 0.05) is 6.04 Å². The average molecular weight is 259 g/mol. The molecular weight excluding hydrogens is 238 g/mol. The van der Waals surface area contributed by atoms with Crippen LogP contribution < -0.4 is 5.73 Å². The number of aromatic hydroxyl groups is 1. The van der Waals surface area contributed by atoms with E-state index in [1.54, 1.807) is 18.5 Å². The Labute approximate surface area is 113 Å². The van der Waals surface area contributed by atoms with E-state index in [1.807, 2.05) is 23.8 Å². The standard InChI is InChI=1S/C15H21N3O/c1-10(2)6-13(16)15-8-17-9-18(15)14-5-4-12(19)7-11(14)3/h4-5,7-10,13,19H,6,16H2,1-3H3. The number of rotatable bonds is 4. The van der Waals surface area contributed by atoms with Gasteiger partial charge in [-0.25, -0.2) is 4.98 Å². The van der Waals surface area contributed by atoms with Gasteiger partial charge in [0.05, 0.1) is 23.9 Å². The molecule has 0 aliphatic carbocycles. The van der Waals surface area contributed by atoms with Crippen molar-refractivity contribution < 1.29 is 5.11 Å². The molecule has 0 radical (unpaired) electrons. The summed E-state index contributed by atoms with van der Waals surface area (Å²) in [6, 6.07) is 5.28. The maximum Gasteiger partial charge on any atom is 0.115 e. The molecule has 1 unspecified atom stereocenters. The molecule has 0 spiro atoms. The number of phenols is 1. The van der Waals surface area contributed by atoms with Gasteiger partial charge in [-0.05, 0) is 43.0 Å². The van der Waals surface area contributed by atoms with Gasteiger partial charge in [0.15, 0.2) is 0 Å². The van der Waals surface area contributed by atoms with Gasteiger partial charge in [0.25, 0.3) is 0 Å². The fraction of sp³-hybridized carbons (Fsp3) is 0.400. The molecule has 0 bridgehead atoms. The molecular formula is C15H21N3O. The number of phenolic OH excluding ortho intramolecular Hbond substituents is 1. The van der Waals surface area contributed by atoms with Crippen molar-refractivity contribution in [3.05, 3.63) is 42.0 Å². The maximum absolute atomic E-state index is 9.48. The SMILES string of the molecule is Cc1cc(O)ccc1-n1cncc1C(N)CC(C)C. The smallest absolute Gasteiger partial charge is 0.115 e. The molecule has 4 nitrogen and oxygen atoms in total. The second kappa shape index (κ2) is 5.45. The molecule has 19 heavy (non-hydrogen) atoms. The predicted molar refractivity (Wildman–Crippen MR) is 76.3 cm³/mol. The molecule has 0 aliphatic rings. The highest BCUT2D eigenvalue weighted by molar-refractivity contribution is 5.45. The molecule has 3 N–H and O–H groups in total. The summed E-state index contributed by atoms with van der Waals surface area (Å²) >= 11 is 0. The van der Waals surface area contributed by atoms with Crippen LogP contribution in [0.25, 0.3) is 5.69 Å². The molecule has 1 atom stereocenters. The Bertz CT molecular complexity index is 560. The lowest BCUT2D eigenvalue weighted by Crippen LogP contribution is -2.16. The van der Waals surface area contributed by atoms with Crippen molar-refractivity contribution in [2.75, 3.05) is 0 Å². The second-order valence-corrected chi connectivity index (χ2v) is 5.40. The van der Waals surface area contributed by atoms with Crippen LogP contribution in [0.2, 0.25) is 0 Å². The molecule has 1 aromatic carbocycles. The highest BCUT2D eigenvalue weighted by atomic mass is 16.3. The third kappa shape index (κ3) is 2.96. The first-order chi connectivity index (χ1) is 8.99. The maximum atomic E-state index is 9.48. The lowest BCUT2D eigenvalue weighted by atomic mass is 10.0. The van der Waals surface area contributed by atoms with E-state index in [2.05, 4.69) is 18.8 Å². The number of hydrogen-bond acceptors (Lipinski definition) is 3. The van der Waals surface area contributed by atoms with Gasteiger partial charge in [0.1, 0.15) is 5.75 Å². The number of benzene rings is 1. The summed E-state index contributed by atoms with van der Waals surface area (Å²) in [6.45, 7) is 6.28. The Balaban J connectivity index is 2.38. The zero-order chi connectivity index (χ0) is 14.0. The van der Waals surface area contributed by atoms with E-state index in [1.165, 1.54) is 0 Å². The zero-order valence-corrected chi connectivity index (χ0v) is 11.7.